The highest BCUT2D eigenvalue weighted by Gasteiger charge is 2.17. The third-order valence-corrected chi connectivity index (χ3v) is 4.15. The molecule has 2 amide bonds. The first-order chi connectivity index (χ1) is 12.5. The molecule has 0 radical (unpaired) electrons. The zero-order valence-electron chi connectivity index (χ0n) is 13.9. The van der Waals surface area contributed by atoms with Gasteiger partial charge in [-0.05, 0) is 24.3 Å². The van der Waals surface area contributed by atoms with Crippen LogP contribution in [0.4, 0.5) is 5.69 Å². The largest absolute Gasteiger partial charge is 0.420 e. The van der Waals surface area contributed by atoms with Gasteiger partial charge in [0, 0.05) is 7.05 Å². The third kappa shape index (κ3) is 3.78. The Bertz CT molecular complexity index is 1020. The Labute approximate surface area is 153 Å². The highest BCUT2D eigenvalue weighted by atomic mass is 35.5. The minimum atomic E-state index is -0.617. The lowest BCUT2D eigenvalue weighted by Crippen LogP contribution is -2.38. The quantitative estimate of drug-likeness (QED) is 0.744. The molecule has 0 aliphatic carbocycles. The predicted molar refractivity (Wildman–Crippen MR) is 98.2 cm³/mol. The molecule has 0 atom stereocenters. The number of likely N-dealkylation sites (N-methyl/N-ethyl adjacent to an activating group) is 1. The summed E-state index contributed by atoms with van der Waals surface area (Å²) in [5, 5.41) is 3.05. The van der Waals surface area contributed by atoms with Crippen LogP contribution >= 0.6 is 11.6 Å². The van der Waals surface area contributed by atoms with Gasteiger partial charge in [0.1, 0.15) is 6.54 Å². The van der Waals surface area contributed by atoms with Crippen LogP contribution in [0.15, 0.2) is 57.7 Å². The number of anilines is 1. The number of halogens is 1. The zero-order chi connectivity index (χ0) is 18.7. The van der Waals surface area contributed by atoms with Crippen LogP contribution in [0.5, 0.6) is 0 Å². The Hall–Kier alpha value is -3.06. The lowest BCUT2D eigenvalue weighted by atomic mass is 10.3. The van der Waals surface area contributed by atoms with Gasteiger partial charge in [-0.15, -0.1) is 0 Å². The molecule has 3 rings (SSSR count). The fourth-order valence-corrected chi connectivity index (χ4v) is 2.66. The standard InChI is InChI=1S/C18H16ClN3O4/c1-21(10-16(23)20-13-7-3-2-6-12(13)19)17(24)11-22-14-8-4-5-9-15(14)26-18(22)25/h2-9H,10-11H2,1H3,(H,20,23). The van der Waals surface area contributed by atoms with Crippen LogP contribution in [0.25, 0.3) is 11.1 Å². The molecule has 0 saturated carbocycles. The van der Waals surface area contributed by atoms with Crippen LogP contribution in [0, 0.1) is 0 Å². The number of rotatable bonds is 5. The topological polar surface area (TPSA) is 84.5 Å². The predicted octanol–water partition coefficient (Wildman–Crippen LogP) is 2.34. The van der Waals surface area contributed by atoms with Gasteiger partial charge < -0.3 is 14.6 Å². The minimum Gasteiger partial charge on any atom is -0.408 e. The molecule has 3 aromatic rings. The number of hydrogen-bond acceptors (Lipinski definition) is 4. The number of para-hydroxylation sites is 3. The van der Waals surface area contributed by atoms with Crippen LogP contribution in [-0.4, -0.2) is 34.9 Å². The maximum Gasteiger partial charge on any atom is 0.420 e. The summed E-state index contributed by atoms with van der Waals surface area (Å²) < 4.78 is 6.33. The molecule has 1 heterocycles. The smallest absolute Gasteiger partial charge is 0.408 e. The summed E-state index contributed by atoms with van der Waals surface area (Å²) in [4.78, 5) is 37.7. The Kier molecular flexibility index (Phi) is 5.09. The average Bonchev–Trinajstić information content (AvgIpc) is 2.92. The molecule has 26 heavy (non-hydrogen) atoms. The van der Waals surface area contributed by atoms with Crippen molar-refractivity contribution in [3.8, 4) is 0 Å². The van der Waals surface area contributed by atoms with Crippen molar-refractivity contribution in [2.45, 2.75) is 6.54 Å². The number of nitrogens with zero attached hydrogens (tertiary/aromatic N) is 2. The van der Waals surface area contributed by atoms with E-state index in [0.29, 0.717) is 21.8 Å². The maximum absolute atomic E-state index is 12.4. The first kappa shape index (κ1) is 17.8. The van der Waals surface area contributed by atoms with Crippen LogP contribution < -0.4 is 11.1 Å². The molecule has 0 fully saturated rings. The average molecular weight is 374 g/mol. The summed E-state index contributed by atoms with van der Waals surface area (Å²) in [6.45, 7) is -0.389. The molecule has 7 nitrogen and oxygen atoms in total. The third-order valence-electron chi connectivity index (χ3n) is 3.82. The summed E-state index contributed by atoms with van der Waals surface area (Å²) in [5.74, 6) is -1.40. The molecular weight excluding hydrogens is 358 g/mol. The summed E-state index contributed by atoms with van der Waals surface area (Å²) >= 11 is 5.99. The van der Waals surface area contributed by atoms with E-state index in [0.717, 1.165) is 0 Å². The van der Waals surface area contributed by atoms with E-state index < -0.39 is 17.6 Å². The second-order valence-corrected chi connectivity index (χ2v) is 6.11. The SMILES string of the molecule is CN(CC(=O)Nc1ccccc1Cl)C(=O)Cn1c(=O)oc2ccccc21. The Morgan fingerprint density at radius 3 is 2.62 bits per heavy atom. The Morgan fingerprint density at radius 1 is 1.15 bits per heavy atom. The minimum absolute atomic E-state index is 0.172. The van der Waals surface area contributed by atoms with Crippen LogP contribution in [0.3, 0.4) is 0 Å². The highest BCUT2D eigenvalue weighted by Crippen LogP contribution is 2.20. The van der Waals surface area contributed by atoms with Crippen molar-refractivity contribution in [3.63, 3.8) is 0 Å². The van der Waals surface area contributed by atoms with Crippen LogP contribution in [-0.2, 0) is 16.1 Å². The molecule has 0 unspecified atom stereocenters. The maximum atomic E-state index is 12.4. The van der Waals surface area contributed by atoms with Crippen LogP contribution in [0.2, 0.25) is 5.02 Å². The van der Waals surface area contributed by atoms with E-state index in [2.05, 4.69) is 5.32 Å². The lowest BCUT2D eigenvalue weighted by Gasteiger charge is -2.17. The van der Waals surface area contributed by atoms with E-state index in [1.165, 1.54) is 16.5 Å². The molecule has 8 heteroatoms. The summed E-state index contributed by atoms with van der Waals surface area (Å²) in [7, 11) is 1.49. The van der Waals surface area contributed by atoms with E-state index in [9.17, 15) is 14.4 Å². The highest BCUT2D eigenvalue weighted by molar-refractivity contribution is 6.33. The first-order valence-corrected chi connectivity index (χ1v) is 8.20. The number of carbonyl (C=O) groups is 2. The van der Waals surface area contributed by atoms with Crippen molar-refractivity contribution in [2.75, 3.05) is 18.9 Å². The Morgan fingerprint density at radius 2 is 1.85 bits per heavy atom. The lowest BCUT2D eigenvalue weighted by molar-refractivity contribution is -0.133. The molecule has 0 saturated heterocycles. The van der Waals surface area contributed by atoms with E-state index >= 15 is 0 Å². The van der Waals surface area contributed by atoms with Crippen molar-refractivity contribution < 1.29 is 14.0 Å². The van der Waals surface area contributed by atoms with Crippen molar-refractivity contribution in [1.82, 2.24) is 9.47 Å². The monoisotopic (exact) mass is 373 g/mol. The number of amides is 2. The molecule has 1 aromatic heterocycles. The second-order valence-electron chi connectivity index (χ2n) is 5.70. The number of oxazole rings is 1. The second kappa shape index (κ2) is 7.45. The van der Waals surface area contributed by atoms with Gasteiger partial charge in [-0.25, -0.2) is 4.79 Å². The van der Waals surface area contributed by atoms with Crippen molar-refractivity contribution in [1.29, 1.82) is 0 Å². The van der Waals surface area contributed by atoms with E-state index in [-0.39, 0.29) is 13.1 Å². The molecule has 134 valence electrons. The molecule has 0 bridgehead atoms. The normalized spacial score (nSPS) is 10.7. The van der Waals surface area contributed by atoms with E-state index in [1.54, 1.807) is 48.5 Å². The fourth-order valence-electron chi connectivity index (χ4n) is 2.48. The first-order valence-electron chi connectivity index (χ1n) is 7.82. The number of hydrogen-bond donors (Lipinski definition) is 1. The number of fused-ring (bicyclic) bond motifs is 1. The van der Waals surface area contributed by atoms with Crippen molar-refractivity contribution >= 4 is 40.2 Å². The van der Waals surface area contributed by atoms with Gasteiger partial charge in [0.25, 0.3) is 0 Å². The molecule has 2 aromatic carbocycles. The summed E-state index contributed by atoms with van der Waals surface area (Å²) in [5.41, 5.74) is 1.40. The number of benzene rings is 2. The van der Waals surface area contributed by atoms with Gasteiger partial charge in [-0.2, -0.15) is 0 Å². The van der Waals surface area contributed by atoms with E-state index in [1.807, 2.05) is 0 Å². The number of aromatic nitrogens is 1. The van der Waals surface area contributed by atoms with Gasteiger partial charge in [-0.1, -0.05) is 35.9 Å². The molecule has 1 N–H and O–H groups in total. The summed E-state index contributed by atoms with van der Waals surface area (Å²) in [6, 6.07) is 13.6. The van der Waals surface area contributed by atoms with E-state index in [4.69, 9.17) is 16.0 Å². The van der Waals surface area contributed by atoms with Crippen molar-refractivity contribution in [2.24, 2.45) is 0 Å². The molecule has 0 aliphatic rings. The van der Waals surface area contributed by atoms with Gasteiger partial charge in [0.2, 0.25) is 11.8 Å². The number of nitrogens with one attached hydrogen (secondary N) is 1. The molecular formula is C18H16ClN3O4. The molecule has 0 aliphatic heterocycles. The number of carbonyl (C=O) groups excluding carboxylic acids is 2. The van der Waals surface area contributed by atoms with Gasteiger partial charge in [0.15, 0.2) is 5.58 Å². The van der Waals surface area contributed by atoms with Gasteiger partial charge >= 0.3 is 5.76 Å². The van der Waals surface area contributed by atoms with Gasteiger partial charge in [0.05, 0.1) is 22.8 Å². The van der Waals surface area contributed by atoms with Crippen molar-refractivity contribution in [3.05, 3.63) is 64.1 Å². The Balaban J connectivity index is 1.66. The zero-order valence-corrected chi connectivity index (χ0v) is 14.7. The van der Waals surface area contributed by atoms with Gasteiger partial charge in [-0.3, -0.25) is 14.2 Å². The molecule has 0 spiro atoms. The fraction of sp³-hybridized carbons (Fsp3) is 0.167. The summed E-state index contributed by atoms with van der Waals surface area (Å²) in [6.07, 6.45) is 0. The van der Waals surface area contributed by atoms with Crippen LogP contribution in [0.1, 0.15) is 0 Å².